The van der Waals surface area contributed by atoms with Gasteiger partial charge in [0, 0.05) is 5.39 Å². The van der Waals surface area contributed by atoms with Crippen LogP contribution in [0.25, 0.3) is 22.4 Å². The third-order valence-corrected chi connectivity index (χ3v) is 2.67. The van der Waals surface area contributed by atoms with Crippen LogP contribution in [0.2, 0.25) is 0 Å². The first-order valence-corrected chi connectivity index (χ1v) is 5.32. The van der Waals surface area contributed by atoms with Gasteiger partial charge in [-0.05, 0) is 13.0 Å². The molecule has 0 unspecified atom stereocenters. The highest BCUT2D eigenvalue weighted by Crippen LogP contribution is 2.31. The van der Waals surface area contributed by atoms with Crippen LogP contribution in [0.15, 0.2) is 41.1 Å². The minimum Gasteiger partial charge on any atom is -0.461 e. The summed E-state index contributed by atoms with van der Waals surface area (Å²) in [6.45, 7) is 1.91. The summed E-state index contributed by atoms with van der Waals surface area (Å²) >= 11 is 0. The van der Waals surface area contributed by atoms with Crippen molar-refractivity contribution in [2.24, 2.45) is 0 Å². The lowest BCUT2D eigenvalue weighted by Gasteiger charge is -1.98. The molecule has 17 heavy (non-hydrogen) atoms. The molecule has 0 aliphatic carbocycles. The molecule has 1 aromatic carbocycles. The molecule has 4 nitrogen and oxygen atoms in total. The Labute approximate surface area is 98.1 Å². The molecular formula is C13H11N3O. The van der Waals surface area contributed by atoms with Crippen molar-refractivity contribution in [3.8, 4) is 11.4 Å². The van der Waals surface area contributed by atoms with E-state index in [9.17, 15) is 0 Å². The van der Waals surface area contributed by atoms with Crippen LogP contribution in [0.1, 0.15) is 5.76 Å². The summed E-state index contributed by atoms with van der Waals surface area (Å²) in [5, 5.41) is 1.02. The van der Waals surface area contributed by atoms with Crippen LogP contribution >= 0.6 is 0 Å². The van der Waals surface area contributed by atoms with Gasteiger partial charge in [-0.25, -0.2) is 9.97 Å². The van der Waals surface area contributed by atoms with E-state index in [0.29, 0.717) is 11.5 Å². The fourth-order valence-electron chi connectivity index (χ4n) is 1.91. The summed E-state index contributed by atoms with van der Waals surface area (Å²) in [4.78, 5) is 8.47. The Hall–Kier alpha value is -2.36. The highest BCUT2D eigenvalue weighted by molar-refractivity contribution is 5.93. The number of para-hydroxylation sites is 1. The van der Waals surface area contributed by atoms with Crippen molar-refractivity contribution in [3.05, 3.63) is 42.4 Å². The molecule has 2 aromatic heterocycles. The molecule has 84 valence electrons. The van der Waals surface area contributed by atoms with Crippen LogP contribution in [-0.4, -0.2) is 9.97 Å². The largest absolute Gasteiger partial charge is 0.461 e. The van der Waals surface area contributed by atoms with E-state index in [1.54, 1.807) is 12.4 Å². The van der Waals surface area contributed by atoms with Gasteiger partial charge in [0.1, 0.15) is 11.3 Å². The Morgan fingerprint density at radius 3 is 2.59 bits per heavy atom. The Kier molecular flexibility index (Phi) is 2.08. The smallest absolute Gasteiger partial charge is 0.163 e. The van der Waals surface area contributed by atoms with E-state index in [2.05, 4.69) is 9.97 Å². The van der Waals surface area contributed by atoms with Gasteiger partial charge < -0.3 is 10.2 Å². The van der Waals surface area contributed by atoms with E-state index in [1.807, 2.05) is 31.2 Å². The number of furan rings is 1. The van der Waals surface area contributed by atoms with Gasteiger partial charge in [0.2, 0.25) is 0 Å². The lowest BCUT2D eigenvalue weighted by Crippen LogP contribution is -1.92. The summed E-state index contributed by atoms with van der Waals surface area (Å²) in [5.74, 6) is 1.46. The quantitative estimate of drug-likeness (QED) is 0.691. The van der Waals surface area contributed by atoms with Crippen LogP contribution in [0, 0.1) is 6.92 Å². The molecule has 3 rings (SSSR count). The minimum absolute atomic E-state index is 0.555. The molecule has 0 bridgehead atoms. The van der Waals surface area contributed by atoms with Crippen LogP contribution < -0.4 is 5.73 Å². The van der Waals surface area contributed by atoms with Crippen LogP contribution in [0.3, 0.4) is 0 Å². The predicted molar refractivity (Wildman–Crippen MR) is 66.4 cm³/mol. The summed E-state index contributed by atoms with van der Waals surface area (Å²) in [7, 11) is 0. The number of aromatic nitrogens is 2. The number of benzene rings is 1. The molecule has 0 radical (unpaired) electrons. The minimum atomic E-state index is 0.555. The molecule has 0 spiro atoms. The monoisotopic (exact) mass is 225 g/mol. The molecule has 0 atom stereocenters. The maximum Gasteiger partial charge on any atom is 0.163 e. The summed E-state index contributed by atoms with van der Waals surface area (Å²) in [6.07, 6.45) is 3.20. The van der Waals surface area contributed by atoms with E-state index in [1.165, 1.54) is 0 Å². The van der Waals surface area contributed by atoms with Crippen LogP contribution in [0.4, 0.5) is 5.69 Å². The van der Waals surface area contributed by atoms with Gasteiger partial charge >= 0.3 is 0 Å². The van der Waals surface area contributed by atoms with E-state index in [4.69, 9.17) is 10.2 Å². The molecule has 0 aliphatic heterocycles. The second-order valence-corrected chi connectivity index (χ2v) is 3.87. The molecule has 0 fully saturated rings. The van der Waals surface area contributed by atoms with Gasteiger partial charge in [-0.3, -0.25) is 0 Å². The van der Waals surface area contributed by atoms with Gasteiger partial charge in [-0.2, -0.15) is 0 Å². The molecule has 3 aromatic rings. The SMILES string of the molecule is Cc1oc2ccccc2c1-c1ncc(N)cn1. The summed E-state index contributed by atoms with van der Waals surface area (Å²) < 4.78 is 5.67. The van der Waals surface area contributed by atoms with Crippen molar-refractivity contribution >= 4 is 16.7 Å². The van der Waals surface area contributed by atoms with Gasteiger partial charge in [-0.1, -0.05) is 18.2 Å². The average Bonchev–Trinajstić information content (AvgIpc) is 2.66. The number of rotatable bonds is 1. The standard InChI is InChI=1S/C13H11N3O/c1-8-12(13-15-6-9(14)7-16-13)10-4-2-3-5-11(10)17-8/h2-7H,14H2,1H3. The molecule has 2 heterocycles. The molecule has 0 amide bonds. The van der Waals surface area contributed by atoms with Crippen molar-refractivity contribution in [2.75, 3.05) is 5.73 Å². The van der Waals surface area contributed by atoms with Crippen molar-refractivity contribution in [3.63, 3.8) is 0 Å². The maximum absolute atomic E-state index is 5.67. The number of aryl methyl sites for hydroxylation is 1. The molecule has 0 aliphatic rings. The Morgan fingerprint density at radius 1 is 1.12 bits per heavy atom. The third-order valence-electron chi connectivity index (χ3n) is 2.67. The fourth-order valence-corrected chi connectivity index (χ4v) is 1.91. The van der Waals surface area contributed by atoms with Crippen molar-refractivity contribution < 1.29 is 4.42 Å². The normalized spacial score (nSPS) is 10.9. The van der Waals surface area contributed by atoms with E-state index >= 15 is 0 Å². The average molecular weight is 225 g/mol. The van der Waals surface area contributed by atoms with Crippen LogP contribution in [-0.2, 0) is 0 Å². The topological polar surface area (TPSA) is 64.9 Å². The van der Waals surface area contributed by atoms with Crippen molar-refractivity contribution in [1.29, 1.82) is 0 Å². The number of hydrogen-bond acceptors (Lipinski definition) is 4. The zero-order chi connectivity index (χ0) is 11.8. The molecule has 0 saturated carbocycles. The highest BCUT2D eigenvalue weighted by atomic mass is 16.3. The zero-order valence-corrected chi connectivity index (χ0v) is 9.34. The van der Waals surface area contributed by atoms with E-state index in [0.717, 1.165) is 22.3 Å². The van der Waals surface area contributed by atoms with Crippen molar-refractivity contribution in [1.82, 2.24) is 9.97 Å². The second-order valence-electron chi connectivity index (χ2n) is 3.87. The third kappa shape index (κ3) is 1.54. The Morgan fingerprint density at radius 2 is 1.82 bits per heavy atom. The predicted octanol–water partition coefficient (Wildman–Crippen LogP) is 2.78. The number of fused-ring (bicyclic) bond motifs is 1. The maximum atomic E-state index is 5.67. The number of hydrogen-bond donors (Lipinski definition) is 1. The Bertz CT molecular complexity index is 671. The second kappa shape index (κ2) is 3.59. The first kappa shape index (κ1) is 9.84. The highest BCUT2D eigenvalue weighted by Gasteiger charge is 2.14. The van der Waals surface area contributed by atoms with E-state index < -0.39 is 0 Å². The number of nitrogens with zero attached hydrogens (tertiary/aromatic N) is 2. The number of nitrogen functional groups attached to an aromatic ring is 1. The van der Waals surface area contributed by atoms with Gasteiger partial charge in [-0.15, -0.1) is 0 Å². The number of anilines is 1. The molecule has 2 N–H and O–H groups in total. The number of nitrogens with two attached hydrogens (primary N) is 1. The molecule has 4 heteroatoms. The fraction of sp³-hybridized carbons (Fsp3) is 0.0769. The summed E-state index contributed by atoms with van der Waals surface area (Å²) in [5.41, 5.74) is 7.92. The lowest BCUT2D eigenvalue weighted by molar-refractivity contribution is 0.579. The Balaban J connectivity index is 2.29. The first-order valence-electron chi connectivity index (χ1n) is 5.32. The van der Waals surface area contributed by atoms with Gasteiger partial charge in [0.05, 0.1) is 23.6 Å². The van der Waals surface area contributed by atoms with Gasteiger partial charge in [0.15, 0.2) is 5.82 Å². The summed E-state index contributed by atoms with van der Waals surface area (Å²) in [6, 6.07) is 7.85. The first-order chi connectivity index (χ1) is 8.25. The van der Waals surface area contributed by atoms with E-state index in [-0.39, 0.29) is 0 Å². The van der Waals surface area contributed by atoms with Gasteiger partial charge in [0.25, 0.3) is 0 Å². The molecule has 0 saturated heterocycles. The van der Waals surface area contributed by atoms with Crippen LogP contribution in [0.5, 0.6) is 0 Å². The zero-order valence-electron chi connectivity index (χ0n) is 9.34. The van der Waals surface area contributed by atoms with Crippen molar-refractivity contribution in [2.45, 2.75) is 6.92 Å². The lowest BCUT2D eigenvalue weighted by atomic mass is 10.1. The molecular weight excluding hydrogens is 214 g/mol.